The zero-order valence-corrected chi connectivity index (χ0v) is 17.6. The Kier molecular flexibility index (Phi) is 6.46. The van der Waals surface area contributed by atoms with Crippen LogP contribution in [0.15, 0.2) is 36.0 Å². The lowest BCUT2D eigenvalue weighted by atomic mass is 10.1. The standard InChI is InChI=1S/C21H27N5OS/c1-13(2)7-8-22-21(27)16-11-23-20(10-18(16)25-14(3)4)26-15-5-6-17-19(9-15)28-12-24-17/h5-6,9-14H,7-8H2,1-4H3,(H,22,27)(H2,23,25,26). The van der Waals surface area contributed by atoms with Crippen molar-refractivity contribution >= 4 is 44.7 Å². The van der Waals surface area contributed by atoms with Gasteiger partial charge in [0.2, 0.25) is 0 Å². The molecule has 28 heavy (non-hydrogen) atoms. The summed E-state index contributed by atoms with van der Waals surface area (Å²) in [6, 6.07) is 8.10. The van der Waals surface area contributed by atoms with Crippen LogP contribution in [0, 0.1) is 5.92 Å². The van der Waals surface area contributed by atoms with E-state index < -0.39 is 0 Å². The Hall–Kier alpha value is -2.67. The van der Waals surface area contributed by atoms with E-state index in [1.54, 1.807) is 17.5 Å². The van der Waals surface area contributed by atoms with Crippen LogP contribution in [-0.4, -0.2) is 28.5 Å². The van der Waals surface area contributed by atoms with Gasteiger partial charge in [-0.2, -0.15) is 0 Å². The highest BCUT2D eigenvalue weighted by molar-refractivity contribution is 7.16. The van der Waals surface area contributed by atoms with Crippen molar-refractivity contribution in [1.82, 2.24) is 15.3 Å². The van der Waals surface area contributed by atoms with Crippen molar-refractivity contribution in [3.63, 3.8) is 0 Å². The molecule has 0 aliphatic heterocycles. The number of nitrogens with zero attached hydrogens (tertiary/aromatic N) is 2. The van der Waals surface area contributed by atoms with Crippen molar-refractivity contribution in [2.45, 2.75) is 40.2 Å². The smallest absolute Gasteiger partial charge is 0.254 e. The Labute approximate surface area is 169 Å². The fourth-order valence-electron chi connectivity index (χ4n) is 2.79. The van der Waals surface area contributed by atoms with Crippen molar-refractivity contribution in [3.05, 3.63) is 41.5 Å². The first-order valence-electron chi connectivity index (χ1n) is 9.57. The summed E-state index contributed by atoms with van der Waals surface area (Å²) in [7, 11) is 0. The highest BCUT2D eigenvalue weighted by Crippen LogP contribution is 2.26. The minimum absolute atomic E-state index is 0.103. The van der Waals surface area contributed by atoms with Crippen molar-refractivity contribution in [2.75, 3.05) is 17.2 Å². The van der Waals surface area contributed by atoms with Crippen LogP contribution in [0.25, 0.3) is 10.2 Å². The number of hydrogen-bond acceptors (Lipinski definition) is 6. The summed E-state index contributed by atoms with van der Waals surface area (Å²) in [5.41, 5.74) is 5.09. The van der Waals surface area contributed by atoms with Crippen LogP contribution in [-0.2, 0) is 0 Å². The topological polar surface area (TPSA) is 78.9 Å². The monoisotopic (exact) mass is 397 g/mol. The largest absolute Gasteiger partial charge is 0.382 e. The van der Waals surface area contributed by atoms with Crippen LogP contribution in [0.2, 0.25) is 0 Å². The third-order valence-corrected chi connectivity index (χ3v) is 5.00. The summed E-state index contributed by atoms with van der Waals surface area (Å²) in [5.74, 6) is 1.13. The molecule has 0 atom stereocenters. The molecule has 1 aromatic carbocycles. The highest BCUT2D eigenvalue weighted by atomic mass is 32.1. The molecule has 2 heterocycles. The lowest BCUT2D eigenvalue weighted by Gasteiger charge is -2.16. The number of rotatable bonds is 8. The zero-order valence-electron chi connectivity index (χ0n) is 16.7. The third kappa shape index (κ3) is 5.19. The maximum absolute atomic E-state index is 12.6. The lowest BCUT2D eigenvalue weighted by Crippen LogP contribution is -2.27. The predicted molar refractivity (Wildman–Crippen MR) is 118 cm³/mol. The minimum Gasteiger partial charge on any atom is -0.382 e. The molecule has 0 unspecified atom stereocenters. The molecule has 0 saturated heterocycles. The number of anilines is 3. The molecule has 3 N–H and O–H groups in total. The number of fused-ring (bicyclic) bond motifs is 1. The maximum Gasteiger partial charge on any atom is 0.254 e. The van der Waals surface area contributed by atoms with Gasteiger partial charge in [0.15, 0.2) is 0 Å². The van der Waals surface area contributed by atoms with Gasteiger partial charge in [-0.1, -0.05) is 13.8 Å². The number of carbonyl (C=O) groups excluding carboxylic acids is 1. The molecule has 3 aromatic rings. The minimum atomic E-state index is -0.103. The van der Waals surface area contributed by atoms with E-state index in [9.17, 15) is 4.79 Å². The predicted octanol–water partition coefficient (Wildman–Crippen LogP) is 5.03. The molecule has 3 rings (SSSR count). The van der Waals surface area contributed by atoms with E-state index in [1.165, 1.54) is 0 Å². The van der Waals surface area contributed by atoms with E-state index in [0.717, 1.165) is 28.0 Å². The SMILES string of the molecule is CC(C)CCNC(=O)c1cnc(Nc2ccc3ncsc3c2)cc1NC(C)C. The summed E-state index contributed by atoms with van der Waals surface area (Å²) >= 11 is 1.60. The van der Waals surface area contributed by atoms with E-state index in [4.69, 9.17) is 0 Å². The van der Waals surface area contributed by atoms with Crippen molar-refractivity contribution in [1.29, 1.82) is 0 Å². The summed E-state index contributed by atoms with van der Waals surface area (Å²) in [4.78, 5) is 21.3. The molecule has 0 saturated carbocycles. The molecule has 7 heteroatoms. The normalized spacial score (nSPS) is 11.2. The number of benzene rings is 1. The van der Waals surface area contributed by atoms with Gasteiger partial charge >= 0.3 is 0 Å². The molecule has 0 bridgehead atoms. The van der Waals surface area contributed by atoms with Gasteiger partial charge < -0.3 is 16.0 Å². The molecular formula is C21H27N5OS. The summed E-state index contributed by atoms with van der Waals surface area (Å²) in [6.07, 6.45) is 2.58. The van der Waals surface area contributed by atoms with Crippen molar-refractivity contribution < 1.29 is 4.79 Å². The van der Waals surface area contributed by atoms with Gasteiger partial charge in [-0.15, -0.1) is 11.3 Å². The number of hydrogen-bond donors (Lipinski definition) is 3. The molecule has 6 nitrogen and oxygen atoms in total. The Morgan fingerprint density at radius 1 is 1.14 bits per heavy atom. The molecular weight excluding hydrogens is 370 g/mol. The van der Waals surface area contributed by atoms with Crippen LogP contribution < -0.4 is 16.0 Å². The number of pyridine rings is 1. The average Bonchev–Trinajstić information content (AvgIpc) is 3.08. The number of nitrogens with one attached hydrogen (secondary N) is 3. The number of thiazole rings is 1. The second-order valence-corrected chi connectivity index (χ2v) is 8.40. The summed E-state index contributed by atoms with van der Waals surface area (Å²) in [5, 5.41) is 9.66. The molecule has 2 aromatic heterocycles. The average molecular weight is 398 g/mol. The van der Waals surface area contributed by atoms with Gasteiger partial charge in [0, 0.05) is 30.5 Å². The van der Waals surface area contributed by atoms with E-state index in [2.05, 4.69) is 45.8 Å². The molecule has 0 fully saturated rings. The van der Waals surface area contributed by atoms with Gasteiger partial charge in [0.25, 0.3) is 5.91 Å². The van der Waals surface area contributed by atoms with E-state index >= 15 is 0 Å². The van der Waals surface area contributed by atoms with E-state index in [0.29, 0.717) is 23.8 Å². The molecule has 0 aliphatic rings. The number of amides is 1. The molecule has 148 valence electrons. The Morgan fingerprint density at radius 3 is 2.71 bits per heavy atom. The van der Waals surface area contributed by atoms with E-state index in [1.807, 2.05) is 37.6 Å². The molecule has 1 amide bonds. The molecule has 0 spiro atoms. The first-order chi connectivity index (χ1) is 13.4. The van der Waals surface area contributed by atoms with Gasteiger partial charge in [-0.3, -0.25) is 4.79 Å². The van der Waals surface area contributed by atoms with Gasteiger partial charge in [-0.05, 0) is 44.4 Å². The summed E-state index contributed by atoms with van der Waals surface area (Å²) < 4.78 is 1.12. The van der Waals surface area contributed by atoms with E-state index in [-0.39, 0.29) is 11.9 Å². The van der Waals surface area contributed by atoms with Crippen LogP contribution in [0.5, 0.6) is 0 Å². The van der Waals surface area contributed by atoms with Crippen LogP contribution >= 0.6 is 11.3 Å². The van der Waals surface area contributed by atoms with Crippen LogP contribution in [0.3, 0.4) is 0 Å². The Morgan fingerprint density at radius 2 is 1.96 bits per heavy atom. The second kappa shape index (κ2) is 9.01. The van der Waals surface area contributed by atoms with Crippen LogP contribution in [0.1, 0.15) is 44.5 Å². The third-order valence-electron chi connectivity index (χ3n) is 4.20. The van der Waals surface area contributed by atoms with Gasteiger partial charge in [0.05, 0.1) is 27.0 Å². The van der Waals surface area contributed by atoms with Crippen molar-refractivity contribution in [3.8, 4) is 0 Å². The fourth-order valence-corrected chi connectivity index (χ4v) is 3.50. The first-order valence-corrected chi connectivity index (χ1v) is 10.5. The van der Waals surface area contributed by atoms with Crippen LogP contribution in [0.4, 0.5) is 17.2 Å². The summed E-state index contributed by atoms with van der Waals surface area (Å²) in [6.45, 7) is 9.04. The maximum atomic E-state index is 12.6. The van der Waals surface area contributed by atoms with Gasteiger partial charge in [-0.25, -0.2) is 9.97 Å². The van der Waals surface area contributed by atoms with Gasteiger partial charge in [0.1, 0.15) is 5.82 Å². The Balaban J connectivity index is 1.79. The fraction of sp³-hybridized carbons (Fsp3) is 0.381. The molecule has 0 aliphatic carbocycles. The first kappa shape index (κ1) is 20.1. The zero-order chi connectivity index (χ0) is 20.1. The number of carbonyl (C=O) groups is 1. The number of aromatic nitrogens is 2. The molecule has 0 radical (unpaired) electrons. The quantitative estimate of drug-likeness (QED) is 0.497. The Bertz CT molecular complexity index is 951. The van der Waals surface area contributed by atoms with Crippen molar-refractivity contribution in [2.24, 2.45) is 5.92 Å². The second-order valence-electron chi connectivity index (χ2n) is 7.51. The highest BCUT2D eigenvalue weighted by Gasteiger charge is 2.14. The lowest BCUT2D eigenvalue weighted by molar-refractivity contribution is 0.0952.